The van der Waals surface area contributed by atoms with E-state index in [1.165, 1.54) is 24.4 Å². The van der Waals surface area contributed by atoms with Gasteiger partial charge in [0.05, 0.1) is 22.7 Å². The highest BCUT2D eigenvalue weighted by molar-refractivity contribution is 6.33. The number of amides is 1. The first-order valence-electron chi connectivity index (χ1n) is 8.18. The zero-order valence-corrected chi connectivity index (χ0v) is 15.2. The fraction of sp³-hybridized carbons (Fsp3) is 0.0526. The van der Waals surface area contributed by atoms with Gasteiger partial charge in [-0.1, -0.05) is 29.8 Å². The molecular formula is C19H15ClN4O4. The van der Waals surface area contributed by atoms with Crippen LogP contribution < -0.4 is 10.7 Å². The number of halogens is 1. The lowest BCUT2D eigenvalue weighted by atomic mass is 10.1. The van der Waals surface area contributed by atoms with Crippen LogP contribution in [0.5, 0.6) is 0 Å². The number of rotatable bonds is 7. The quantitative estimate of drug-likeness (QED) is 0.354. The molecule has 3 rings (SSSR count). The lowest BCUT2D eigenvalue weighted by molar-refractivity contribution is -0.384. The number of hydrogen-bond donors (Lipinski definition) is 2. The van der Waals surface area contributed by atoms with Crippen molar-refractivity contribution in [3.8, 4) is 11.3 Å². The Kier molecular flexibility index (Phi) is 6.03. The van der Waals surface area contributed by atoms with Crippen molar-refractivity contribution in [3.05, 3.63) is 81.6 Å². The molecule has 0 fully saturated rings. The molecule has 0 spiro atoms. The summed E-state index contributed by atoms with van der Waals surface area (Å²) in [4.78, 5) is 22.2. The first-order chi connectivity index (χ1) is 13.5. The minimum atomic E-state index is -0.510. The van der Waals surface area contributed by atoms with E-state index < -0.39 is 4.92 Å². The molecule has 0 saturated heterocycles. The zero-order chi connectivity index (χ0) is 19.9. The molecule has 2 aromatic carbocycles. The van der Waals surface area contributed by atoms with Crippen LogP contribution in [0.4, 0.5) is 11.4 Å². The molecule has 3 aromatic rings. The van der Waals surface area contributed by atoms with E-state index in [1.54, 1.807) is 12.1 Å². The standard InChI is InChI=1S/C19H15ClN4O4/c20-17-8-6-14(24(26)27)10-16(17)18-9-7-15(28-18)11-22-23-19(25)12-21-13-4-2-1-3-5-13/h1-11,21H,12H2,(H,23,25). The Hall–Kier alpha value is -3.65. The molecule has 0 bridgehead atoms. The number of nitrogens with one attached hydrogen (secondary N) is 2. The number of nitro benzene ring substituents is 1. The molecule has 0 aliphatic carbocycles. The second-order valence-electron chi connectivity index (χ2n) is 5.64. The topological polar surface area (TPSA) is 110 Å². The van der Waals surface area contributed by atoms with E-state index in [2.05, 4.69) is 15.8 Å². The number of non-ortho nitro benzene ring substituents is 1. The van der Waals surface area contributed by atoms with Gasteiger partial charge in [0.1, 0.15) is 11.5 Å². The summed E-state index contributed by atoms with van der Waals surface area (Å²) in [7, 11) is 0. The number of nitro groups is 1. The van der Waals surface area contributed by atoms with E-state index in [4.69, 9.17) is 16.0 Å². The molecule has 0 unspecified atom stereocenters. The number of hydrogen-bond acceptors (Lipinski definition) is 6. The molecule has 0 aliphatic heterocycles. The van der Waals surface area contributed by atoms with Crippen molar-refractivity contribution in [2.24, 2.45) is 5.10 Å². The predicted molar refractivity (Wildman–Crippen MR) is 106 cm³/mol. The molecule has 0 aliphatic rings. The van der Waals surface area contributed by atoms with Gasteiger partial charge in [-0.25, -0.2) is 5.43 Å². The van der Waals surface area contributed by atoms with Crippen molar-refractivity contribution in [2.45, 2.75) is 0 Å². The van der Waals surface area contributed by atoms with Gasteiger partial charge in [0.2, 0.25) is 0 Å². The Morgan fingerprint density at radius 3 is 2.71 bits per heavy atom. The van der Waals surface area contributed by atoms with E-state index in [1.807, 2.05) is 30.3 Å². The number of hydrazone groups is 1. The summed E-state index contributed by atoms with van der Waals surface area (Å²) in [6.07, 6.45) is 1.33. The highest BCUT2D eigenvalue weighted by atomic mass is 35.5. The van der Waals surface area contributed by atoms with Crippen LogP contribution in [0.15, 0.2) is 70.2 Å². The summed E-state index contributed by atoms with van der Waals surface area (Å²) < 4.78 is 5.57. The molecule has 0 saturated carbocycles. The fourth-order valence-corrected chi connectivity index (χ4v) is 2.54. The largest absolute Gasteiger partial charge is 0.455 e. The summed E-state index contributed by atoms with van der Waals surface area (Å²) in [5, 5.41) is 18.0. The van der Waals surface area contributed by atoms with E-state index in [-0.39, 0.29) is 18.1 Å². The molecule has 1 amide bonds. The Bertz CT molecular complexity index is 1020. The maximum atomic E-state index is 11.8. The lowest BCUT2D eigenvalue weighted by Gasteiger charge is -2.04. The highest BCUT2D eigenvalue weighted by Gasteiger charge is 2.14. The SMILES string of the molecule is O=C(CNc1ccccc1)NN=Cc1ccc(-c2cc([N+](=O)[O-])ccc2Cl)o1. The molecule has 8 nitrogen and oxygen atoms in total. The summed E-state index contributed by atoms with van der Waals surface area (Å²) in [6, 6.07) is 16.6. The molecule has 0 atom stereocenters. The van der Waals surface area contributed by atoms with Crippen LogP contribution in [0, 0.1) is 10.1 Å². The van der Waals surface area contributed by atoms with E-state index in [9.17, 15) is 14.9 Å². The molecule has 28 heavy (non-hydrogen) atoms. The number of carbonyl (C=O) groups is 1. The monoisotopic (exact) mass is 398 g/mol. The molecule has 0 radical (unpaired) electrons. The fourth-order valence-electron chi connectivity index (χ4n) is 2.33. The predicted octanol–water partition coefficient (Wildman–Crippen LogP) is 4.07. The van der Waals surface area contributed by atoms with Crippen LogP contribution in [0.25, 0.3) is 11.3 Å². The average molecular weight is 399 g/mol. The second kappa shape index (κ2) is 8.83. The third kappa shape index (κ3) is 4.95. The van der Waals surface area contributed by atoms with Crippen LogP contribution in [0.3, 0.4) is 0 Å². The van der Waals surface area contributed by atoms with Crippen molar-refractivity contribution in [3.63, 3.8) is 0 Å². The van der Waals surface area contributed by atoms with Crippen molar-refractivity contribution in [2.75, 3.05) is 11.9 Å². The van der Waals surface area contributed by atoms with Crippen LogP contribution in [-0.2, 0) is 4.79 Å². The average Bonchev–Trinajstić information content (AvgIpc) is 3.16. The highest BCUT2D eigenvalue weighted by Crippen LogP contribution is 2.32. The number of furan rings is 1. The van der Waals surface area contributed by atoms with Crippen molar-refractivity contribution < 1.29 is 14.1 Å². The van der Waals surface area contributed by atoms with Gasteiger partial charge in [-0.2, -0.15) is 5.10 Å². The number of carbonyl (C=O) groups excluding carboxylic acids is 1. The summed E-state index contributed by atoms with van der Waals surface area (Å²) in [6.45, 7) is 0.0635. The Balaban J connectivity index is 1.59. The summed E-state index contributed by atoms with van der Waals surface area (Å²) >= 11 is 6.10. The Morgan fingerprint density at radius 1 is 1.18 bits per heavy atom. The molecule has 2 N–H and O–H groups in total. The second-order valence-corrected chi connectivity index (χ2v) is 6.04. The van der Waals surface area contributed by atoms with Gasteiger partial charge in [0.25, 0.3) is 11.6 Å². The minimum Gasteiger partial charge on any atom is -0.455 e. The van der Waals surface area contributed by atoms with Gasteiger partial charge >= 0.3 is 0 Å². The van der Waals surface area contributed by atoms with Gasteiger partial charge in [0, 0.05) is 23.4 Å². The van der Waals surface area contributed by atoms with Crippen molar-refractivity contribution in [1.82, 2.24) is 5.43 Å². The number of anilines is 1. The first-order valence-corrected chi connectivity index (χ1v) is 8.56. The third-order valence-corrected chi connectivity index (χ3v) is 3.99. The normalized spacial score (nSPS) is 10.8. The maximum absolute atomic E-state index is 11.8. The third-order valence-electron chi connectivity index (χ3n) is 3.66. The van der Waals surface area contributed by atoms with E-state index in [0.29, 0.717) is 22.1 Å². The van der Waals surface area contributed by atoms with Crippen LogP contribution in [-0.4, -0.2) is 23.6 Å². The number of nitrogens with zero attached hydrogens (tertiary/aromatic N) is 2. The van der Waals surface area contributed by atoms with E-state index >= 15 is 0 Å². The van der Waals surface area contributed by atoms with Gasteiger partial charge in [-0.15, -0.1) is 0 Å². The zero-order valence-electron chi connectivity index (χ0n) is 14.5. The molecule has 142 valence electrons. The van der Waals surface area contributed by atoms with Gasteiger partial charge < -0.3 is 9.73 Å². The van der Waals surface area contributed by atoms with Crippen LogP contribution in [0.2, 0.25) is 5.02 Å². The van der Waals surface area contributed by atoms with Crippen LogP contribution in [0.1, 0.15) is 5.76 Å². The lowest BCUT2D eigenvalue weighted by Crippen LogP contribution is -2.25. The first kappa shape index (κ1) is 19.1. The molecule has 9 heteroatoms. The maximum Gasteiger partial charge on any atom is 0.270 e. The Morgan fingerprint density at radius 2 is 1.96 bits per heavy atom. The summed E-state index contributed by atoms with van der Waals surface area (Å²) in [5.74, 6) is 0.384. The molecular weight excluding hydrogens is 384 g/mol. The summed E-state index contributed by atoms with van der Waals surface area (Å²) in [5.41, 5.74) is 3.51. The van der Waals surface area contributed by atoms with Crippen molar-refractivity contribution in [1.29, 1.82) is 0 Å². The van der Waals surface area contributed by atoms with Gasteiger partial charge in [-0.05, 0) is 30.3 Å². The number of para-hydroxylation sites is 1. The minimum absolute atomic E-state index is 0.0635. The Labute approximate surface area is 165 Å². The van der Waals surface area contributed by atoms with E-state index in [0.717, 1.165) is 5.69 Å². The smallest absolute Gasteiger partial charge is 0.270 e. The molecule has 1 aromatic heterocycles. The van der Waals surface area contributed by atoms with Gasteiger partial charge in [-0.3, -0.25) is 14.9 Å². The van der Waals surface area contributed by atoms with Gasteiger partial charge in [0.15, 0.2) is 0 Å². The number of benzene rings is 2. The van der Waals surface area contributed by atoms with Crippen LogP contribution >= 0.6 is 11.6 Å². The molecule has 1 heterocycles. The van der Waals surface area contributed by atoms with Crippen molar-refractivity contribution >= 4 is 35.1 Å².